The van der Waals surface area contributed by atoms with E-state index in [1.54, 1.807) is 0 Å². The fourth-order valence-electron chi connectivity index (χ4n) is 11.0. The van der Waals surface area contributed by atoms with Gasteiger partial charge >= 0.3 is 0 Å². The summed E-state index contributed by atoms with van der Waals surface area (Å²) in [6.45, 7) is 30.5. The SMILES string of the molecule is CC(C)C[C@H]1CO[C@H](C)CN(C)[C@@H](CC(C)C)CO[C@H](Cc2ccc(Cn3cc(N(C)C)cn3)cc2)CN(C)[C@@H](CC(C)C)CO[C@H](C)CN(C)[C@@H](CC(C)C)CO[C@H](Cc2ccc(Cn3cc(N(C)C)cn3)cc2)CN1C. The standard InChI is InChI=1S/C64H110N10O4/c1-47(2)27-57-43-75-51(9)35-69(15)60(30-50(7)8)46-78-64(32-54-21-25-56(26-22-54)38-74-40-62(34-66-74)68(13)14)42-72(18)58(28-48(3)4)44-76-52(10)36-70(16)59(29-49(5)6)45-77-63(41-71(57)17)31-53-19-23-55(24-20-53)37-73-39-61(33-65-73)67(11)12/h19-26,33-34,39-40,47-52,57-60,63-64H,27-32,35-38,41-46H2,1-18H3/t51-,52-,57+,58+,59+,60+,63-,64-/m1/s1. The lowest BCUT2D eigenvalue weighted by Gasteiger charge is -2.37. The minimum absolute atomic E-state index is 0.00745. The average Bonchev–Trinajstić information content (AvgIpc) is 4.05. The molecule has 0 radical (unpaired) electrons. The Morgan fingerprint density at radius 2 is 0.718 bits per heavy atom. The molecule has 1 aliphatic rings. The van der Waals surface area contributed by atoms with E-state index >= 15 is 0 Å². The van der Waals surface area contributed by atoms with Crippen LogP contribution in [0.5, 0.6) is 0 Å². The summed E-state index contributed by atoms with van der Waals surface area (Å²) < 4.78 is 32.3. The van der Waals surface area contributed by atoms with E-state index in [9.17, 15) is 0 Å². The molecular formula is C64H110N10O4. The maximum Gasteiger partial charge on any atom is 0.0747 e. The van der Waals surface area contributed by atoms with Crippen LogP contribution < -0.4 is 9.80 Å². The maximum atomic E-state index is 7.21. The molecule has 2 aromatic carbocycles. The van der Waals surface area contributed by atoms with E-state index in [4.69, 9.17) is 18.9 Å². The van der Waals surface area contributed by atoms with E-state index in [1.165, 1.54) is 22.3 Å². The smallest absolute Gasteiger partial charge is 0.0747 e. The van der Waals surface area contributed by atoms with Crippen LogP contribution in [0.1, 0.15) is 117 Å². The first-order chi connectivity index (χ1) is 37.0. The number of hydrogen-bond acceptors (Lipinski definition) is 12. The van der Waals surface area contributed by atoms with Gasteiger partial charge in [0.25, 0.3) is 0 Å². The quantitative estimate of drug-likeness (QED) is 0.0951. The van der Waals surface area contributed by atoms with Gasteiger partial charge in [0.15, 0.2) is 0 Å². The molecular weight excluding hydrogens is 973 g/mol. The van der Waals surface area contributed by atoms with Gasteiger partial charge in [-0.3, -0.25) is 29.0 Å². The van der Waals surface area contributed by atoms with Crippen molar-refractivity contribution in [2.24, 2.45) is 23.7 Å². The molecule has 3 heterocycles. The van der Waals surface area contributed by atoms with Gasteiger partial charge in [0.2, 0.25) is 0 Å². The molecule has 0 spiro atoms. The van der Waals surface area contributed by atoms with Crippen molar-refractivity contribution in [3.8, 4) is 0 Å². The highest BCUT2D eigenvalue weighted by Crippen LogP contribution is 2.23. The molecule has 0 N–H and O–H groups in total. The summed E-state index contributed by atoms with van der Waals surface area (Å²) in [5.41, 5.74) is 7.24. The van der Waals surface area contributed by atoms with E-state index in [0.717, 1.165) is 89.2 Å². The van der Waals surface area contributed by atoms with Crippen LogP contribution >= 0.6 is 0 Å². The Hall–Kier alpha value is -3.86. The van der Waals surface area contributed by atoms with E-state index in [2.05, 4.69) is 226 Å². The van der Waals surface area contributed by atoms with E-state index < -0.39 is 0 Å². The lowest BCUT2D eigenvalue weighted by molar-refractivity contribution is -0.0536. The molecule has 0 bridgehead atoms. The molecule has 78 heavy (non-hydrogen) atoms. The fourth-order valence-corrected chi connectivity index (χ4v) is 11.0. The summed E-state index contributed by atoms with van der Waals surface area (Å²) in [5.74, 6) is 2.08. The summed E-state index contributed by atoms with van der Waals surface area (Å²) >= 11 is 0. The molecule has 14 nitrogen and oxygen atoms in total. The van der Waals surface area contributed by atoms with Crippen molar-refractivity contribution in [3.63, 3.8) is 0 Å². The number of nitrogens with zero attached hydrogens (tertiary/aromatic N) is 10. The van der Waals surface area contributed by atoms with Crippen molar-refractivity contribution in [2.45, 2.75) is 169 Å². The monoisotopic (exact) mass is 1080 g/mol. The van der Waals surface area contributed by atoms with Crippen molar-refractivity contribution < 1.29 is 18.9 Å². The number of ether oxygens (including phenoxy) is 4. The van der Waals surface area contributed by atoms with Gasteiger partial charge in [0.05, 0.1) is 87.7 Å². The van der Waals surface area contributed by atoms with Crippen LogP contribution in [0.25, 0.3) is 0 Å². The van der Waals surface area contributed by atoms with Crippen LogP contribution in [0.3, 0.4) is 0 Å². The van der Waals surface area contributed by atoms with Crippen molar-refractivity contribution in [1.82, 2.24) is 39.2 Å². The third-order valence-corrected chi connectivity index (χ3v) is 15.7. The van der Waals surface area contributed by atoms with E-state index in [-0.39, 0.29) is 48.6 Å². The number of likely N-dealkylation sites (N-methyl/N-ethyl adjacent to an activating group) is 4. The summed E-state index contributed by atoms with van der Waals surface area (Å²) in [5, 5.41) is 9.22. The predicted molar refractivity (Wildman–Crippen MR) is 325 cm³/mol. The van der Waals surface area contributed by atoms with Gasteiger partial charge in [-0.15, -0.1) is 0 Å². The average molecular weight is 1080 g/mol. The molecule has 5 rings (SSSR count). The lowest BCUT2D eigenvalue weighted by Crippen LogP contribution is -2.47. The second kappa shape index (κ2) is 32.5. The van der Waals surface area contributed by atoms with Gasteiger partial charge in [0.1, 0.15) is 0 Å². The van der Waals surface area contributed by atoms with Crippen LogP contribution in [0.2, 0.25) is 0 Å². The summed E-state index contributed by atoms with van der Waals surface area (Å²) in [7, 11) is 17.3. The normalized spacial score (nSPS) is 24.6. The number of hydrogen-bond donors (Lipinski definition) is 0. The number of rotatable bonds is 18. The number of aromatic nitrogens is 4. The molecule has 0 aliphatic carbocycles. The Morgan fingerprint density at radius 1 is 0.436 bits per heavy atom. The van der Waals surface area contributed by atoms with Crippen LogP contribution in [-0.2, 0) is 44.9 Å². The Morgan fingerprint density at radius 3 is 1.00 bits per heavy atom. The molecule has 1 fully saturated rings. The van der Waals surface area contributed by atoms with Crippen molar-refractivity contribution >= 4 is 11.4 Å². The number of benzene rings is 2. The molecule has 0 unspecified atom stereocenters. The molecule has 8 atom stereocenters. The van der Waals surface area contributed by atoms with Crippen molar-refractivity contribution in [3.05, 3.63) is 95.6 Å². The van der Waals surface area contributed by atoms with Gasteiger partial charge in [-0.2, -0.15) is 10.2 Å². The van der Waals surface area contributed by atoms with Crippen molar-refractivity contribution in [2.75, 3.05) is 119 Å². The lowest BCUT2D eigenvalue weighted by atomic mass is 10.0. The van der Waals surface area contributed by atoms with Crippen LogP contribution in [0.15, 0.2) is 73.3 Å². The molecule has 0 saturated carbocycles. The number of anilines is 2. The van der Waals surface area contributed by atoms with Gasteiger partial charge in [-0.05, 0) is 126 Å². The highest BCUT2D eigenvalue weighted by molar-refractivity contribution is 5.41. The highest BCUT2D eigenvalue weighted by Gasteiger charge is 2.29. The minimum atomic E-state index is -0.00745. The zero-order valence-corrected chi connectivity index (χ0v) is 52.3. The molecule has 2 aromatic heterocycles. The first-order valence-corrected chi connectivity index (χ1v) is 29.8. The van der Waals surface area contributed by atoms with Gasteiger partial charge in [0, 0.05) is 90.9 Å². The van der Waals surface area contributed by atoms with E-state index in [1.807, 2.05) is 21.8 Å². The minimum Gasteiger partial charge on any atom is -0.376 e. The summed E-state index contributed by atoms with van der Waals surface area (Å²) in [6.07, 6.45) is 14.0. The molecule has 1 saturated heterocycles. The largest absolute Gasteiger partial charge is 0.376 e. The first kappa shape index (κ1) is 65.0. The van der Waals surface area contributed by atoms with Crippen molar-refractivity contribution in [1.29, 1.82) is 0 Å². The topological polar surface area (TPSA) is 92.0 Å². The van der Waals surface area contributed by atoms with E-state index in [0.29, 0.717) is 50.1 Å². The van der Waals surface area contributed by atoms with Crippen LogP contribution in [-0.4, -0.2) is 197 Å². The maximum absolute atomic E-state index is 7.21. The summed E-state index contributed by atoms with van der Waals surface area (Å²) in [6, 6.07) is 19.1. The second-order valence-electron chi connectivity index (χ2n) is 25.7. The molecule has 14 heteroatoms. The van der Waals surface area contributed by atoms with Crippen LogP contribution in [0.4, 0.5) is 11.4 Å². The summed E-state index contributed by atoms with van der Waals surface area (Å²) in [4.78, 5) is 14.2. The zero-order chi connectivity index (χ0) is 57.1. The van der Waals surface area contributed by atoms with Gasteiger partial charge < -0.3 is 28.7 Å². The molecule has 1 aliphatic heterocycles. The Kier molecular flexibility index (Phi) is 27.1. The predicted octanol–water partition coefficient (Wildman–Crippen LogP) is 10.1. The second-order valence-corrected chi connectivity index (χ2v) is 25.7. The first-order valence-electron chi connectivity index (χ1n) is 29.8. The van der Waals surface area contributed by atoms with Gasteiger partial charge in [-0.25, -0.2) is 0 Å². The highest BCUT2D eigenvalue weighted by atomic mass is 16.5. The Balaban J connectivity index is 1.40. The Labute approximate surface area is 475 Å². The van der Waals surface area contributed by atoms with Crippen LogP contribution in [0, 0.1) is 23.7 Å². The zero-order valence-electron chi connectivity index (χ0n) is 52.3. The van der Waals surface area contributed by atoms with Gasteiger partial charge in [-0.1, -0.05) is 104 Å². The third kappa shape index (κ3) is 22.9. The molecule has 0 amide bonds. The fraction of sp³-hybridized carbons (Fsp3) is 0.719. The molecule has 440 valence electrons. The Bertz CT molecular complexity index is 2060. The molecule has 4 aromatic rings. The third-order valence-electron chi connectivity index (χ3n) is 15.7.